The van der Waals surface area contributed by atoms with Gasteiger partial charge in [0.25, 0.3) is 5.91 Å². The maximum Gasteiger partial charge on any atom is 0.266 e. The summed E-state index contributed by atoms with van der Waals surface area (Å²) < 4.78 is 13.1. The zero-order valence-electron chi connectivity index (χ0n) is 23.4. The molecule has 8 heteroatoms. The van der Waals surface area contributed by atoms with Crippen LogP contribution >= 0.6 is 15.9 Å². The molecule has 4 aromatic carbocycles. The van der Waals surface area contributed by atoms with Crippen molar-refractivity contribution in [1.82, 2.24) is 10.9 Å². The van der Waals surface area contributed by atoms with E-state index in [4.69, 9.17) is 19.6 Å². The van der Waals surface area contributed by atoms with Crippen molar-refractivity contribution < 1.29 is 19.4 Å². The van der Waals surface area contributed by atoms with Crippen LogP contribution in [0.1, 0.15) is 40.3 Å². The number of aliphatic hydroxyl groups excluding tert-OH is 1. The van der Waals surface area contributed by atoms with E-state index in [2.05, 4.69) is 32.8 Å². The van der Waals surface area contributed by atoms with Crippen molar-refractivity contribution in [2.24, 2.45) is 4.99 Å². The first kappa shape index (κ1) is 29.5. The second-order valence-electron chi connectivity index (χ2n) is 10.3. The third-order valence-corrected chi connectivity index (χ3v) is 7.83. The van der Waals surface area contributed by atoms with E-state index in [9.17, 15) is 4.79 Å². The molecule has 0 aliphatic carbocycles. The molecule has 0 fully saturated rings. The molecular weight excluding hydrogens is 594 g/mol. The van der Waals surface area contributed by atoms with Crippen LogP contribution in [0, 0.1) is 6.92 Å². The summed E-state index contributed by atoms with van der Waals surface area (Å²) in [5.74, 6) is 0.767. The molecule has 1 amide bonds. The van der Waals surface area contributed by atoms with E-state index in [0.29, 0.717) is 37.6 Å². The molecule has 7 nitrogen and oxygen atoms in total. The monoisotopic (exact) mass is 627 g/mol. The molecule has 42 heavy (non-hydrogen) atoms. The smallest absolute Gasteiger partial charge is 0.266 e. The van der Waals surface area contributed by atoms with Gasteiger partial charge in [-0.15, -0.1) is 0 Å². The molecule has 216 valence electrons. The average molecular weight is 629 g/mol. The number of aliphatic hydroxyl groups is 1. The molecule has 1 aliphatic heterocycles. The van der Waals surface area contributed by atoms with E-state index in [-0.39, 0.29) is 12.5 Å². The fourth-order valence-electron chi connectivity index (χ4n) is 5.01. The Bertz CT molecular complexity index is 1530. The molecule has 5 rings (SSSR count). The minimum Gasteiger partial charge on any atom is -0.494 e. The fourth-order valence-corrected chi connectivity index (χ4v) is 5.50. The van der Waals surface area contributed by atoms with Crippen LogP contribution < -0.4 is 15.6 Å². The molecule has 1 aliphatic rings. The number of nitrogens with one attached hydrogen (secondary N) is 2. The van der Waals surface area contributed by atoms with Gasteiger partial charge in [0.15, 0.2) is 11.6 Å². The Morgan fingerprint density at radius 2 is 1.71 bits per heavy atom. The number of rotatable bonds is 12. The van der Waals surface area contributed by atoms with Gasteiger partial charge in [-0.25, -0.2) is 10.4 Å². The molecular formula is C34H34BrN3O4. The highest BCUT2D eigenvalue weighted by atomic mass is 79.9. The van der Waals surface area contributed by atoms with Gasteiger partial charge in [0, 0.05) is 41.6 Å². The van der Waals surface area contributed by atoms with Crippen LogP contribution in [0.5, 0.6) is 5.75 Å². The number of hydrogen-bond donors (Lipinski definition) is 3. The highest BCUT2D eigenvalue weighted by Gasteiger charge is 2.53. The van der Waals surface area contributed by atoms with Gasteiger partial charge in [-0.05, 0) is 48.4 Å². The highest BCUT2D eigenvalue weighted by Crippen LogP contribution is 2.44. The maximum atomic E-state index is 14.3. The number of hydrogen-bond acceptors (Lipinski definition) is 6. The molecule has 4 aromatic rings. The lowest BCUT2D eigenvalue weighted by molar-refractivity contribution is -0.130. The largest absolute Gasteiger partial charge is 0.494 e. The first-order valence-corrected chi connectivity index (χ1v) is 14.8. The minimum atomic E-state index is -1.31. The number of aryl methyl sites for hydroxylation is 1. The summed E-state index contributed by atoms with van der Waals surface area (Å²) in [4.78, 5) is 19.4. The maximum absolute atomic E-state index is 14.3. The first-order valence-electron chi connectivity index (χ1n) is 14.0. The van der Waals surface area contributed by atoms with E-state index in [1.165, 1.54) is 0 Å². The second-order valence-corrected chi connectivity index (χ2v) is 11.1. The summed E-state index contributed by atoms with van der Waals surface area (Å²) >= 11 is 3.69. The average Bonchev–Trinajstić information content (AvgIpc) is 3.38. The van der Waals surface area contributed by atoms with Crippen molar-refractivity contribution in [2.45, 2.75) is 38.0 Å². The van der Waals surface area contributed by atoms with Crippen LogP contribution in [0.3, 0.4) is 0 Å². The number of carbonyl (C=O) groups excluding carboxylic acids is 1. The van der Waals surface area contributed by atoms with Gasteiger partial charge in [-0.3, -0.25) is 10.2 Å². The van der Waals surface area contributed by atoms with Gasteiger partial charge in [-0.2, -0.15) is 0 Å². The number of benzene rings is 4. The molecule has 0 radical (unpaired) electrons. The van der Waals surface area contributed by atoms with Gasteiger partial charge >= 0.3 is 0 Å². The molecule has 0 saturated heterocycles. The number of hydrazine groups is 1. The SMILES string of the molecule is Cc1cccc(CNNC(=O)[C@@]2(Cc3ccccc3)N=C(c3ccc(OCCCO)cc3)O[C@H]2c2ccccc2Br)c1. The third-order valence-electron chi connectivity index (χ3n) is 7.11. The molecule has 0 saturated carbocycles. The number of ether oxygens (including phenoxy) is 2. The van der Waals surface area contributed by atoms with Gasteiger partial charge in [0.05, 0.1) is 6.61 Å². The normalized spacial score (nSPS) is 17.8. The van der Waals surface area contributed by atoms with Crippen LogP contribution in [0.25, 0.3) is 0 Å². The molecule has 0 unspecified atom stereocenters. The van der Waals surface area contributed by atoms with Crippen LogP contribution in [0.4, 0.5) is 0 Å². The minimum absolute atomic E-state index is 0.0740. The molecule has 0 bridgehead atoms. The van der Waals surface area contributed by atoms with E-state index in [1.54, 1.807) is 0 Å². The molecule has 0 aromatic heterocycles. The number of carbonyl (C=O) groups is 1. The number of halogens is 1. The van der Waals surface area contributed by atoms with Gasteiger partial charge in [0.1, 0.15) is 5.75 Å². The summed E-state index contributed by atoms with van der Waals surface area (Å²) in [6.07, 6.45) is 0.175. The predicted molar refractivity (Wildman–Crippen MR) is 167 cm³/mol. The van der Waals surface area contributed by atoms with Crippen LogP contribution in [0.2, 0.25) is 0 Å². The number of nitrogens with zero attached hydrogens (tertiary/aromatic N) is 1. The summed E-state index contributed by atoms with van der Waals surface area (Å²) in [5.41, 5.74) is 9.49. The van der Waals surface area contributed by atoms with E-state index in [1.807, 2.05) is 104 Å². The van der Waals surface area contributed by atoms with Crippen molar-refractivity contribution in [1.29, 1.82) is 0 Å². The van der Waals surface area contributed by atoms with Crippen molar-refractivity contribution in [2.75, 3.05) is 13.2 Å². The lowest BCUT2D eigenvalue weighted by Crippen LogP contribution is -2.53. The standard InChI is InChI=1S/C34H34BrN3O4/c1-24-9-7-12-26(21-24)23-36-38-33(40)34(22-25-10-3-2-4-11-25)31(29-13-5-6-14-30(29)35)42-32(37-34)27-15-17-28(18-16-27)41-20-8-19-39/h2-7,9-18,21,31,36,39H,8,19-20,22-23H2,1H3,(H,38,40)/t31-,34-/m0/s1. The topological polar surface area (TPSA) is 92.2 Å². The number of aliphatic imine (C=N–C) groups is 1. The van der Waals surface area contributed by atoms with Gasteiger partial charge in [-0.1, -0.05) is 94.3 Å². The summed E-state index contributed by atoms with van der Waals surface area (Å²) in [6, 6.07) is 33.2. The van der Waals surface area contributed by atoms with Crippen molar-refractivity contribution in [3.63, 3.8) is 0 Å². The summed E-state index contributed by atoms with van der Waals surface area (Å²) in [5, 5.41) is 9.04. The van der Waals surface area contributed by atoms with E-state index < -0.39 is 11.6 Å². The Labute approximate surface area is 254 Å². The highest BCUT2D eigenvalue weighted by molar-refractivity contribution is 9.10. The molecule has 3 N–H and O–H groups in total. The second kappa shape index (κ2) is 13.8. The van der Waals surface area contributed by atoms with Gasteiger partial charge in [0.2, 0.25) is 5.90 Å². The third kappa shape index (κ3) is 6.90. The zero-order chi connectivity index (χ0) is 29.4. The Balaban J connectivity index is 1.51. The van der Waals surface area contributed by atoms with Crippen LogP contribution in [0.15, 0.2) is 113 Å². The quantitative estimate of drug-likeness (QED) is 0.136. The Morgan fingerprint density at radius 1 is 0.976 bits per heavy atom. The fraction of sp³-hybridized carbons (Fsp3) is 0.235. The zero-order valence-corrected chi connectivity index (χ0v) is 25.0. The van der Waals surface area contributed by atoms with E-state index in [0.717, 1.165) is 32.3 Å². The Morgan fingerprint density at radius 3 is 2.45 bits per heavy atom. The Kier molecular flexibility index (Phi) is 9.69. The van der Waals surface area contributed by atoms with Crippen LogP contribution in [-0.2, 0) is 22.5 Å². The molecule has 0 spiro atoms. The summed E-state index contributed by atoms with van der Waals surface area (Å²) in [6.45, 7) is 3.00. The van der Waals surface area contributed by atoms with Crippen molar-refractivity contribution >= 4 is 27.7 Å². The van der Waals surface area contributed by atoms with Crippen molar-refractivity contribution in [3.05, 3.63) is 135 Å². The molecule has 1 heterocycles. The lowest BCUT2D eigenvalue weighted by atomic mass is 9.82. The van der Waals surface area contributed by atoms with Crippen molar-refractivity contribution in [3.8, 4) is 5.75 Å². The Hall–Kier alpha value is -3.98. The lowest BCUT2D eigenvalue weighted by Gasteiger charge is -2.31. The predicted octanol–water partition coefficient (Wildman–Crippen LogP) is 5.84. The van der Waals surface area contributed by atoms with Gasteiger partial charge < -0.3 is 14.6 Å². The molecule has 2 atom stereocenters. The number of amides is 1. The first-order chi connectivity index (χ1) is 20.5. The van der Waals surface area contributed by atoms with Crippen LogP contribution in [-0.4, -0.2) is 35.7 Å². The summed E-state index contributed by atoms with van der Waals surface area (Å²) in [7, 11) is 0. The van der Waals surface area contributed by atoms with E-state index >= 15 is 0 Å².